The molecule has 0 atom stereocenters. The van der Waals surface area contributed by atoms with Gasteiger partial charge in [-0.3, -0.25) is 0 Å². The van der Waals surface area contributed by atoms with Crippen molar-refractivity contribution >= 4 is 16.9 Å². The lowest BCUT2D eigenvalue weighted by Gasteiger charge is -2.07. The fraction of sp³-hybridized carbons (Fsp3) is 0.357. The zero-order valence-corrected chi connectivity index (χ0v) is 10.4. The van der Waals surface area contributed by atoms with E-state index in [-0.39, 0.29) is 5.97 Å². The quantitative estimate of drug-likeness (QED) is 0.760. The number of nitrogens with zero attached hydrogens (tertiary/aromatic N) is 1. The van der Waals surface area contributed by atoms with Crippen LogP contribution in [-0.4, -0.2) is 17.6 Å². The minimum atomic E-state index is -0.274. The van der Waals surface area contributed by atoms with Gasteiger partial charge in [0, 0.05) is 23.6 Å². The molecule has 3 heteroatoms. The molecule has 0 bridgehead atoms. The van der Waals surface area contributed by atoms with E-state index in [0.29, 0.717) is 11.5 Å². The Kier molecular flexibility index (Phi) is 3.18. The highest BCUT2D eigenvalue weighted by Gasteiger charge is 2.15. The van der Waals surface area contributed by atoms with Crippen molar-refractivity contribution in [1.82, 2.24) is 4.57 Å². The lowest BCUT2D eigenvalue weighted by atomic mass is 10.2. The van der Waals surface area contributed by atoms with Crippen LogP contribution in [0.5, 0.6) is 0 Å². The van der Waals surface area contributed by atoms with Gasteiger partial charge in [-0.05, 0) is 12.0 Å². The van der Waals surface area contributed by atoms with Crippen LogP contribution < -0.4 is 0 Å². The zero-order valence-electron chi connectivity index (χ0n) is 10.4. The van der Waals surface area contributed by atoms with Crippen LogP contribution in [-0.2, 0) is 11.3 Å². The summed E-state index contributed by atoms with van der Waals surface area (Å²) in [7, 11) is 1.41. The first-order chi connectivity index (χ1) is 8.13. The highest BCUT2D eigenvalue weighted by Crippen LogP contribution is 2.22. The summed E-state index contributed by atoms with van der Waals surface area (Å²) < 4.78 is 6.93. The van der Waals surface area contributed by atoms with Gasteiger partial charge in [0.2, 0.25) is 0 Å². The number of fused-ring (bicyclic) bond motifs is 1. The first-order valence-electron chi connectivity index (χ1n) is 5.79. The smallest absolute Gasteiger partial charge is 0.340 e. The third kappa shape index (κ3) is 2.18. The molecule has 0 aliphatic carbocycles. The van der Waals surface area contributed by atoms with E-state index in [1.54, 1.807) is 0 Å². The summed E-state index contributed by atoms with van der Waals surface area (Å²) in [5.41, 5.74) is 1.73. The van der Waals surface area contributed by atoms with Crippen molar-refractivity contribution in [2.75, 3.05) is 7.11 Å². The van der Waals surface area contributed by atoms with Gasteiger partial charge in [0.15, 0.2) is 0 Å². The fourth-order valence-electron chi connectivity index (χ4n) is 2.06. The highest BCUT2D eigenvalue weighted by atomic mass is 16.5. The van der Waals surface area contributed by atoms with Crippen molar-refractivity contribution in [2.45, 2.75) is 20.4 Å². The molecule has 1 heterocycles. The highest BCUT2D eigenvalue weighted by molar-refractivity contribution is 6.04. The van der Waals surface area contributed by atoms with E-state index in [0.717, 1.165) is 17.4 Å². The number of esters is 1. The van der Waals surface area contributed by atoms with Gasteiger partial charge in [-0.1, -0.05) is 32.0 Å². The first-order valence-corrected chi connectivity index (χ1v) is 5.79. The Morgan fingerprint density at radius 2 is 2.06 bits per heavy atom. The second-order valence-electron chi connectivity index (χ2n) is 4.60. The van der Waals surface area contributed by atoms with Gasteiger partial charge in [0.25, 0.3) is 0 Å². The van der Waals surface area contributed by atoms with Gasteiger partial charge in [-0.2, -0.15) is 0 Å². The average molecular weight is 231 g/mol. The van der Waals surface area contributed by atoms with Gasteiger partial charge < -0.3 is 9.30 Å². The Bertz CT molecular complexity index is 540. The summed E-state index contributed by atoms with van der Waals surface area (Å²) in [6.07, 6.45) is 1.89. The Balaban J connectivity index is 2.58. The lowest BCUT2D eigenvalue weighted by Crippen LogP contribution is -2.03. The third-order valence-electron chi connectivity index (χ3n) is 2.76. The average Bonchev–Trinajstić information content (AvgIpc) is 2.67. The summed E-state index contributed by atoms with van der Waals surface area (Å²) in [6, 6.07) is 7.91. The SMILES string of the molecule is COC(=O)c1cn(CC(C)C)c2ccccc12. The molecule has 1 aromatic heterocycles. The zero-order chi connectivity index (χ0) is 12.4. The molecule has 0 saturated heterocycles. The van der Waals surface area contributed by atoms with Crippen molar-refractivity contribution < 1.29 is 9.53 Å². The maximum atomic E-state index is 11.7. The molecule has 0 aliphatic heterocycles. The van der Waals surface area contributed by atoms with Gasteiger partial charge in [0.05, 0.1) is 12.7 Å². The van der Waals surface area contributed by atoms with Gasteiger partial charge in [-0.25, -0.2) is 4.79 Å². The van der Waals surface area contributed by atoms with Crippen LogP contribution in [0.25, 0.3) is 10.9 Å². The molecular formula is C14H17NO2. The molecule has 2 rings (SSSR count). The third-order valence-corrected chi connectivity index (χ3v) is 2.76. The summed E-state index contributed by atoms with van der Waals surface area (Å²) in [6.45, 7) is 5.22. The molecule has 0 spiro atoms. The molecule has 0 radical (unpaired) electrons. The van der Waals surface area contributed by atoms with Crippen LogP contribution in [0, 0.1) is 5.92 Å². The number of rotatable bonds is 3. The summed E-state index contributed by atoms with van der Waals surface area (Å²) in [4.78, 5) is 11.7. The number of carbonyl (C=O) groups excluding carboxylic acids is 1. The Morgan fingerprint density at radius 3 is 2.71 bits per heavy atom. The number of hydrogen-bond donors (Lipinski definition) is 0. The van der Waals surface area contributed by atoms with Crippen molar-refractivity contribution in [3.8, 4) is 0 Å². The number of ether oxygens (including phenoxy) is 1. The van der Waals surface area contributed by atoms with Crippen molar-refractivity contribution in [3.63, 3.8) is 0 Å². The van der Waals surface area contributed by atoms with Crippen LogP contribution in [0.1, 0.15) is 24.2 Å². The number of hydrogen-bond acceptors (Lipinski definition) is 2. The van der Waals surface area contributed by atoms with Crippen LogP contribution in [0.2, 0.25) is 0 Å². The maximum Gasteiger partial charge on any atom is 0.340 e. The number of methoxy groups -OCH3 is 1. The molecule has 0 amide bonds. The molecule has 17 heavy (non-hydrogen) atoms. The van der Waals surface area contributed by atoms with E-state index in [9.17, 15) is 4.79 Å². The van der Waals surface area contributed by atoms with Gasteiger partial charge in [-0.15, -0.1) is 0 Å². The van der Waals surface area contributed by atoms with Gasteiger partial charge >= 0.3 is 5.97 Å². The maximum absolute atomic E-state index is 11.7. The number of carbonyl (C=O) groups is 1. The number of para-hydroxylation sites is 1. The fourth-order valence-corrected chi connectivity index (χ4v) is 2.06. The normalized spacial score (nSPS) is 11.1. The van der Waals surface area contributed by atoms with E-state index in [2.05, 4.69) is 18.4 Å². The van der Waals surface area contributed by atoms with E-state index < -0.39 is 0 Å². The van der Waals surface area contributed by atoms with Crippen molar-refractivity contribution in [3.05, 3.63) is 36.0 Å². The molecular weight excluding hydrogens is 214 g/mol. The molecule has 90 valence electrons. The Morgan fingerprint density at radius 1 is 1.35 bits per heavy atom. The molecule has 0 aliphatic rings. The van der Waals surface area contributed by atoms with Crippen LogP contribution >= 0.6 is 0 Å². The molecule has 2 aromatic rings. The second-order valence-corrected chi connectivity index (χ2v) is 4.60. The Hall–Kier alpha value is -1.77. The second kappa shape index (κ2) is 4.62. The molecule has 3 nitrogen and oxygen atoms in total. The van der Waals surface area contributed by atoms with E-state index in [4.69, 9.17) is 4.74 Å². The van der Waals surface area contributed by atoms with E-state index in [1.165, 1.54) is 7.11 Å². The standard InChI is InChI=1S/C14H17NO2/c1-10(2)8-15-9-12(14(16)17-3)11-6-4-5-7-13(11)15/h4-7,9-10H,8H2,1-3H3. The van der Waals surface area contributed by atoms with E-state index >= 15 is 0 Å². The molecule has 0 unspecified atom stereocenters. The number of benzene rings is 1. The monoisotopic (exact) mass is 231 g/mol. The van der Waals surface area contributed by atoms with E-state index in [1.807, 2.05) is 30.5 Å². The van der Waals surface area contributed by atoms with Crippen LogP contribution in [0.4, 0.5) is 0 Å². The lowest BCUT2D eigenvalue weighted by molar-refractivity contribution is 0.0602. The largest absolute Gasteiger partial charge is 0.465 e. The predicted molar refractivity (Wildman–Crippen MR) is 68.1 cm³/mol. The summed E-state index contributed by atoms with van der Waals surface area (Å²) in [5, 5.41) is 0.958. The van der Waals surface area contributed by atoms with Crippen molar-refractivity contribution in [1.29, 1.82) is 0 Å². The first kappa shape index (κ1) is 11.7. The predicted octanol–water partition coefficient (Wildman–Crippen LogP) is 3.08. The minimum absolute atomic E-state index is 0.274. The van der Waals surface area contributed by atoms with Crippen LogP contribution in [0.15, 0.2) is 30.5 Å². The van der Waals surface area contributed by atoms with Crippen molar-refractivity contribution in [2.24, 2.45) is 5.92 Å². The summed E-state index contributed by atoms with van der Waals surface area (Å²) >= 11 is 0. The minimum Gasteiger partial charge on any atom is -0.465 e. The topological polar surface area (TPSA) is 31.2 Å². The molecule has 0 N–H and O–H groups in total. The molecule has 0 fully saturated rings. The van der Waals surface area contributed by atoms with Crippen LogP contribution in [0.3, 0.4) is 0 Å². The Labute approximate surface area is 101 Å². The molecule has 1 aromatic carbocycles. The number of aromatic nitrogens is 1. The summed E-state index contributed by atoms with van der Waals surface area (Å²) in [5.74, 6) is 0.264. The molecule has 0 saturated carbocycles. The van der Waals surface area contributed by atoms with Gasteiger partial charge in [0.1, 0.15) is 0 Å².